The van der Waals surface area contributed by atoms with Crippen LogP contribution in [-0.4, -0.2) is 43.3 Å². The summed E-state index contributed by atoms with van der Waals surface area (Å²) < 4.78 is 16.2. The van der Waals surface area contributed by atoms with Gasteiger partial charge in [-0.3, -0.25) is 4.79 Å². The molecule has 1 unspecified atom stereocenters. The molecular formula is C19H27NO5. The zero-order valence-corrected chi connectivity index (χ0v) is 15.2. The molecule has 0 aliphatic carbocycles. The summed E-state index contributed by atoms with van der Waals surface area (Å²) in [5, 5.41) is 2.82. The number of amides is 1. The molecule has 1 aliphatic rings. The van der Waals surface area contributed by atoms with Crippen molar-refractivity contribution >= 4 is 11.9 Å². The summed E-state index contributed by atoms with van der Waals surface area (Å²) in [6, 6.07) is 6.68. The van der Waals surface area contributed by atoms with Gasteiger partial charge in [0.25, 0.3) is 5.91 Å². The Balaban J connectivity index is 1.76. The highest BCUT2D eigenvalue weighted by atomic mass is 16.5. The monoisotopic (exact) mass is 349 g/mol. The van der Waals surface area contributed by atoms with E-state index in [2.05, 4.69) is 5.32 Å². The fourth-order valence-electron chi connectivity index (χ4n) is 2.37. The number of carbonyl (C=O) groups is 2. The molecule has 1 aromatic carbocycles. The highest BCUT2D eigenvalue weighted by Crippen LogP contribution is 2.17. The first kappa shape index (κ1) is 19.2. The summed E-state index contributed by atoms with van der Waals surface area (Å²) in [5.74, 6) is -0.165. The molecule has 25 heavy (non-hydrogen) atoms. The summed E-state index contributed by atoms with van der Waals surface area (Å²) in [6.07, 6.45) is 3.03. The minimum Gasteiger partial charge on any atom is -0.491 e. The third kappa shape index (κ3) is 6.38. The molecule has 0 spiro atoms. The number of benzene rings is 1. The Labute approximate surface area is 148 Å². The van der Waals surface area contributed by atoms with Crippen molar-refractivity contribution in [3.8, 4) is 5.75 Å². The molecule has 1 aromatic rings. The average Bonchev–Trinajstić information content (AvgIpc) is 3.11. The van der Waals surface area contributed by atoms with Gasteiger partial charge in [0.15, 0.2) is 6.61 Å². The predicted molar refractivity (Wildman–Crippen MR) is 93.7 cm³/mol. The van der Waals surface area contributed by atoms with Crippen molar-refractivity contribution in [2.45, 2.75) is 51.7 Å². The van der Waals surface area contributed by atoms with Crippen LogP contribution in [0.2, 0.25) is 0 Å². The van der Waals surface area contributed by atoms with E-state index in [4.69, 9.17) is 14.2 Å². The molecule has 2 rings (SSSR count). The molecule has 6 nitrogen and oxygen atoms in total. The first-order valence-corrected chi connectivity index (χ1v) is 8.72. The van der Waals surface area contributed by atoms with Gasteiger partial charge in [-0.1, -0.05) is 6.92 Å². The summed E-state index contributed by atoms with van der Waals surface area (Å²) in [4.78, 5) is 23.8. The number of nitrogens with one attached hydrogen (secondary N) is 1. The molecule has 1 atom stereocenters. The van der Waals surface area contributed by atoms with E-state index in [0.717, 1.165) is 25.9 Å². The van der Waals surface area contributed by atoms with Crippen LogP contribution < -0.4 is 10.1 Å². The molecule has 138 valence electrons. The molecule has 1 amide bonds. The summed E-state index contributed by atoms with van der Waals surface area (Å²) in [7, 11) is 0. The first-order chi connectivity index (χ1) is 11.9. The number of carbonyl (C=O) groups excluding carboxylic acids is 2. The van der Waals surface area contributed by atoms with Gasteiger partial charge in [0.1, 0.15) is 12.4 Å². The Morgan fingerprint density at radius 3 is 2.60 bits per heavy atom. The largest absolute Gasteiger partial charge is 0.491 e. The van der Waals surface area contributed by atoms with Gasteiger partial charge >= 0.3 is 5.97 Å². The minimum absolute atomic E-state index is 0.149. The lowest BCUT2D eigenvalue weighted by Gasteiger charge is -2.24. The molecule has 1 heterocycles. The molecule has 1 N–H and O–H groups in total. The van der Waals surface area contributed by atoms with Crippen molar-refractivity contribution in [1.82, 2.24) is 5.32 Å². The van der Waals surface area contributed by atoms with Crippen LogP contribution in [0.1, 0.15) is 50.4 Å². The summed E-state index contributed by atoms with van der Waals surface area (Å²) in [6.45, 7) is 6.83. The van der Waals surface area contributed by atoms with Gasteiger partial charge in [-0.15, -0.1) is 0 Å². The summed E-state index contributed by atoms with van der Waals surface area (Å²) >= 11 is 0. The van der Waals surface area contributed by atoms with E-state index in [9.17, 15) is 9.59 Å². The topological polar surface area (TPSA) is 73.9 Å². The van der Waals surface area contributed by atoms with E-state index in [0.29, 0.717) is 17.9 Å². The standard InChI is InChI=1S/C19H27NO5/c1-4-19(2,3)20-17(21)13-25-18(22)14-7-9-15(10-8-14)24-12-16-6-5-11-23-16/h7-10,16H,4-6,11-13H2,1-3H3,(H,20,21). The van der Waals surface area contributed by atoms with Crippen LogP contribution in [0, 0.1) is 0 Å². The Morgan fingerprint density at radius 2 is 2.00 bits per heavy atom. The second-order valence-corrected chi connectivity index (χ2v) is 6.83. The van der Waals surface area contributed by atoms with Crippen LogP contribution in [0.15, 0.2) is 24.3 Å². The van der Waals surface area contributed by atoms with Crippen LogP contribution in [-0.2, 0) is 14.3 Å². The number of hydrogen-bond acceptors (Lipinski definition) is 5. The van der Waals surface area contributed by atoms with Crippen LogP contribution >= 0.6 is 0 Å². The van der Waals surface area contributed by atoms with E-state index in [1.54, 1.807) is 24.3 Å². The molecule has 0 saturated carbocycles. The third-order valence-corrected chi connectivity index (χ3v) is 4.25. The second-order valence-electron chi connectivity index (χ2n) is 6.83. The number of ether oxygens (including phenoxy) is 3. The Bertz CT molecular complexity index is 576. The van der Waals surface area contributed by atoms with Gasteiger partial charge in [0.05, 0.1) is 11.7 Å². The van der Waals surface area contributed by atoms with Gasteiger partial charge in [0, 0.05) is 12.1 Å². The van der Waals surface area contributed by atoms with Crippen LogP contribution in [0.25, 0.3) is 0 Å². The molecule has 0 radical (unpaired) electrons. The van der Waals surface area contributed by atoms with E-state index >= 15 is 0 Å². The SMILES string of the molecule is CCC(C)(C)NC(=O)COC(=O)c1ccc(OCC2CCCO2)cc1. The van der Waals surface area contributed by atoms with Crippen LogP contribution in [0.4, 0.5) is 0 Å². The average molecular weight is 349 g/mol. The van der Waals surface area contributed by atoms with Gasteiger partial charge in [-0.25, -0.2) is 4.79 Å². The first-order valence-electron chi connectivity index (χ1n) is 8.72. The molecule has 1 aliphatic heterocycles. The Hall–Kier alpha value is -2.08. The lowest BCUT2D eigenvalue weighted by molar-refractivity contribution is -0.125. The zero-order valence-electron chi connectivity index (χ0n) is 15.2. The maximum atomic E-state index is 12.0. The maximum Gasteiger partial charge on any atom is 0.338 e. The van der Waals surface area contributed by atoms with Crippen molar-refractivity contribution in [3.05, 3.63) is 29.8 Å². The quantitative estimate of drug-likeness (QED) is 0.731. The Morgan fingerprint density at radius 1 is 1.28 bits per heavy atom. The normalized spacial score (nSPS) is 17.2. The maximum absolute atomic E-state index is 12.0. The smallest absolute Gasteiger partial charge is 0.338 e. The van der Waals surface area contributed by atoms with Crippen molar-refractivity contribution in [1.29, 1.82) is 0 Å². The number of rotatable bonds is 8. The van der Waals surface area contributed by atoms with Gasteiger partial charge in [-0.05, 0) is 57.4 Å². The van der Waals surface area contributed by atoms with E-state index < -0.39 is 5.97 Å². The molecular weight excluding hydrogens is 322 g/mol. The van der Waals surface area contributed by atoms with E-state index in [-0.39, 0.29) is 24.2 Å². The van der Waals surface area contributed by atoms with Crippen molar-refractivity contribution in [3.63, 3.8) is 0 Å². The van der Waals surface area contributed by atoms with E-state index in [1.807, 2.05) is 20.8 Å². The highest BCUT2D eigenvalue weighted by Gasteiger charge is 2.19. The highest BCUT2D eigenvalue weighted by molar-refractivity contribution is 5.91. The Kier molecular flexibility index (Phi) is 6.82. The van der Waals surface area contributed by atoms with Crippen molar-refractivity contribution in [2.24, 2.45) is 0 Å². The summed E-state index contributed by atoms with van der Waals surface area (Å²) in [5.41, 5.74) is 0.0675. The van der Waals surface area contributed by atoms with Gasteiger partial charge < -0.3 is 19.5 Å². The zero-order chi connectivity index (χ0) is 18.3. The number of esters is 1. The minimum atomic E-state index is -0.532. The molecule has 1 fully saturated rings. The van der Waals surface area contributed by atoms with Gasteiger partial charge in [-0.2, -0.15) is 0 Å². The van der Waals surface area contributed by atoms with Crippen LogP contribution in [0.5, 0.6) is 5.75 Å². The van der Waals surface area contributed by atoms with Crippen LogP contribution in [0.3, 0.4) is 0 Å². The second kappa shape index (κ2) is 8.85. The molecule has 6 heteroatoms. The predicted octanol–water partition coefficient (Wildman–Crippen LogP) is 2.71. The lowest BCUT2D eigenvalue weighted by atomic mass is 10.0. The fraction of sp³-hybridized carbons (Fsp3) is 0.579. The van der Waals surface area contributed by atoms with Gasteiger partial charge in [0.2, 0.25) is 0 Å². The van der Waals surface area contributed by atoms with Crippen molar-refractivity contribution < 1.29 is 23.8 Å². The lowest BCUT2D eigenvalue weighted by Crippen LogP contribution is -2.44. The number of hydrogen-bond donors (Lipinski definition) is 1. The molecule has 1 saturated heterocycles. The van der Waals surface area contributed by atoms with Crippen molar-refractivity contribution in [2.75, 3.05) is 19.8 Å². The molecule has 0 aromatic heterocycles. The third-order valence-electron chi connectivity index (χ3n) is 4.25. The van der Waals surface area contributed by atoms with E-state index in [1.165, 1.54) is 0 Å². The fourth-order valence-corrected chi connectivity index (χ4v) is 2.37. The molecule has 0 bridgehead atoms.